The molecule has 0 saturated carbocycles. The van der Waals surface area contributed by atoms with Gasteiger partial charge in [-0.05, 0) is 47.3 Å². The highest BCUT2D eigenvalue weighted by molar-refractivity contribution is 5.79. The number of hydrogen-bond acceptors (Lipinski definition) is 4. The Bertz CT molecular complexity index is 271. The van der Waals surface area contributed by atoms with Crippen molar-refractivity contribution in [2.75, 3.05) is 40.4 Å². The van der Waals surface area contributed by atoms with E-state index in [4.69, 9.17) is 4.74 Å². The van der Waals surface area contributed by atoms with Crippen LogP contribution in [0.25, 0.3) is 0 Å². The molecule has 1 saturated heterocycles. The Morgan fingerprint density at radius 1 is 1.37 bits per heavy atom. The predicted octanol–water partition coefficient (Wildman–Crippen LogP) is 0.457. The third kappa shape index (κ3) is 5.47. The summed E-state index contributed by atoms with van der Waals surface area (Å²) >= 11 is 0. The van der Waals surface area contributed by atoms with Crippen LogP contribution in [0.2, 0.25) is 0 Å². The lowest BCUT2D eigenvalue weighted by Gasteiger charge is -2.21. The fourth-order valence-corrected chi connectivity index (χ4v) is 2.18. The van der Waals surface area contributed by atoms with Crippen LogP contribution in [0.1, 0.15) is 26.7 Å². The van der Waals surface area contributed by atoms with E-state index in [1.54, 1.807) is 0 Å². The van der Waals surface area contributed by atoms with Crippen molar-refractivity contribution >= 4 is 5.91 Å². The molecule has 0 spiro atoms. The zero-order valence-electron chi connectivity index (χ0n) is 12.7. The van der Waals surface area contributed by atoms with Crippen molar-refractivity contribution in [2.45, 2.75) is 38.8 Å². The Morgan fingerprint density at radius 2 is 2.11 bits per heavy atom. The van der Waals surface area contributed by atoms with Gasteiger partial charge in [0, 0.05) is 18.6 Å². The van der Waals surface area contributed by atoms with Crippen molar-refractivity contribution in [3.8, 4) is 0 Å². The lowest BCUT2D eigenvalue weighted by Crippen LogP contribution is -2.42. The highest BCUT2D eigenvalue weighted by Crippen LogP contribution is 2.13. The molecule has 1 amide bonds. The maximum Gasteiger partial charge on any atom is 0.227 e. The summed E-state index contributed by atoms with van der Waals surface area (Å²) < 4.78 is 5.34. The van der Waals surface area contributed by atoms with Crippen molar-refractivity contribution in [3.63, 3.8) is 0 Å². The average Bonchev–Trinajstić information content (AvgIpc) is 2.85. The standard InChI is InChI=1S/C14H29N3O2/c1-11(2)17(4)8-6-5-7-16-14(18)12-9-19-10-13(12)15-3/h11-13,15H,5-10H2,1-4H3,(H,16,18). The Kier molecular flexibility index (Phi) is 7.34. The SMILES string of the molecule is CNC1COCC1C(=O)NCCCCN(C)C(C)C. The normalized spacial score (nSPS) is 23.3. The molecule has 0 radical (unpaired) electrons. The van der Waals surface area contributed by atoms with Gasteiger partial charge in [-0.3, -0.25) is 4.79 Å². The quantitative estimate of drug-likeness (QED) is 0.630. The zero-order valence-corrected chi connectivity index (χ0v) is 12.7. The molecule has 2 N–H and O–H groups in total. The van der Waals surface area contributed by atoms with Gasteiger partial charge >= 0.3 is 0 Å². The summed E-state index contributed by atoms with van der Waals surface area (Å²) in [5.74, 6) is 0.0809. The van der Waals surface area contributed by atoms with E-state index < -0.39 is 0 Å². The van der Waals surface area contributed by atoms with Crippen LogP contribution in [0, 0.1) is 5.92 Å². The third-order valence-corrected chi connectivity index (χ3v) is 3.91. The minimum absolute atomic E-state index is 0.0386. The first-order valence-electron chi connectivity index (χ1n) is 7.29. The van der Waals surface area contributed by atoms with Crippen LogP contribution in [-0.4, -0.2) is 63.3 Å². The number of rotatable bonds is 8. The Labute approximate surface area is 117 Å². The molecule has 0 bridgehead atoms. The van der Waals surface area contributed by atoms with E-state index in [0.717, 1.165) is 25.9 Å². The Balaban J connectivity index is 2.10. The van der Waals surface area contributed by atoms with Crippen LogP contribution in [-0.2, 0) is 9.53 Å². The largest absolute Gasteiger partial charge is 0.379 e. The molecule has 1 aliphatic rings. The first-order chi connectivity index (χ1) is 9.06. The van der Waals surface area contributed by atoms with Crippen molar-refractivity contribution in [1.82, 2.24) is 15.5 Å². The zero-order chi connectivity index (χ0) is 14.3. The van der Waals surface area contributed by atoms with Crippen molar-refractivity contribution in [3.05, 3.63) is 0 Å². The Morgan fingerprint density at radius 3 is 2.74 bits per heavy atom. The first kappa shape index (κ1) is 16.4. The summed E-state index contributed by atoms with van der Waals surface area (Å²) in [7, 11) is 4.01. The van der Waals surface area contributed by atoms with Crippen LogP contribution >= 0.6 is 0 Å². The summed E-state index contributed by atoms with van der Waals surface area (Å²) in [5.41, 5.74) is 0. The topological polar surface area (TPSA) is 53.6 Å². The van der Waals surface area contributed by atoms with E-state index >= 15 is 0 Å². The average molecular weight is 271 g/mol. The van der Waals surface area contributed by atoms with Gasteiger partial charge in [-0.1, -0.05) is 0 Å². The van der Waals surface area contributed by atoms with E-state index in [2.05, 4.69) is 36.4 Å². The molecule has 0 aliphatic carbocycles. The molecular formula is C14H29N3O2. The second-order valence-electron chi connectivity index (χ2n) is 5.61. The van der Waals surface area contributed by atoms with E-state index in [0.29, 0.717) is 19.3 Å². The maximum atomic E-state index is 12.0. The van der Waals surface area contributed by atoms with Crippen LogP contribution < -0.4 is 10.6 Å². The molecule has 1 rings (SSSR count). The van der Waals surface area contributed by atoms with Gasteiger partial charge in [0.05, 0.1) is 19.1 Å². The molecule has 1 fully saturated rings. The third-order valence-electron chi connectivity index (χ3n) is 3.91. The monoisotopic (exact) mass is 271 g/mol. The number of hydrogen-bond donors (Lipinski definition) is 2. The molecule has 1 heterocycles. The summed E-state index contributed by atoms with van der Waals surface area (Å²) in [6, 6.07) is 0.744. The highest BCUT2D eigenvalue weighted by atomic mass is 16.5. The molecule has 112 valence electrons. The van der Waals surface area contributed by atoms with Gasteiger partial charge in [-0.15, -0.1) is 0 Å². The molecule has 5 heteroatoms. The van der Waals surface area contributed by atoms with E-state index in [1.165, 1.54) is 0 Å². The lowest BCUT2D eigenvalue weighted by molar-refractivity contribution is -0.125. The van der Waals surface area contributed by atoms with Gasteiger partial charge in [0.25, 0.3) is 0 Å². The smallest absolute Gasteiger partial charge is 0.227 e. The first-order valence-corrected chi connectivity index (χ1v) is 7.29. The number of nitrogens with one attached hydrogen (secondary N) is 2. The number of amides is 1. The van der Waals surface area contributed by atoms with Crippen molar-refractivity contribution < 1.29 is 9.53 Å². The maximum absolute atomic E-state index is 12.0. The van der Waals surface area contributed by atoms with Crippen LogP contribution in [0.5, 0.6) is 0 Å². The van der Waals surface area contributed by atoms with Crippen molar-refractivity contribution in [2.24, 2.45) is 5.92 Å². The Hall–Kier alpha value is -0.650. The molecule has 1 aliphatic heterocycles. The molecule has 0 aromatic rings. The number of unbranched alkanes of at least 4 members (excludes halogenated alkanes) is 1. The second-order valence-corrected chi connectivity index (χ2v) is 5.61. The molecule has 2 unspecified atom stereocenters. The molecular weight excluding hydrogens is 242 g/mol. The number of carbonyl (C=O) groups is 1. The minimum Gasteiger partial charge on any atom is -0.379 e. The number of nitrogens with zero attached hydrogens (tertiary/aromatic N) is 1. The molecule has 2 atom stereocenters. The lowest BCUT2D eigenvalue weighted by atomic mass is 10.0. The van der Waals surface area contributed by atoms with E-state index in [1.807, 2.05) is 7.05 Å². The minimum atomic E-state index is -0.0386. The van der Waals surface area contributed by atoms with Crippen LogP contribution in [0.15, 0.2) is 0 Å². The molecule has 0 aromatic heterocycles. The van der Waals surface area contributed by atoms with E-state index in [-0.39, 0.29) is 17.9 Å². The van der Waals surface area contributed by atoms with Gasteiger partial charge in [0.1, 0.15) is 0 Å². The number of carbonyl (C=O) groups excluding carboxylic acids is 1. The number of ether oxygens (including phenoxy) is 1. The summed E-state index contributed by atoms with van der Waals surface area (Å²) in [5, 5.41) is 6.15. The van der Waals surface area contributed by atoms with Crippen LogP contribution in [0.4, 0.5) is 0 Å². The number of likely N-dealkylation sites (N-methyl/N-ethyl adjacent to an activating group) is 1. The summed E-state index contributed by atoms with van der Waals surface area (Å²) in [6.07, 6.45) is 2.15. The molecule has 0 aromatic carbocycles. The summed E-state index contributed by atoms with van der Waals surface area (Å²) in [4.78, 5) is 14.3. The summed E-state index contributed by atoms with van der Waals surface area (Å²) in [6.45, 7) is 7.40. The van der Waals surface area contributed by atoms with Crippen molar-refractivity contribution in [1.29, 1.82) is 0 Å². The van der Waals surface area contributed by atoms with Gasteiger partial charge < -0.3 is 20.3 Å². The van der Waals surface area contributed by atoms with Gasteiger partial charge in [-0.25, -0.2) is 0 Å². The van der Waals surface area contributed by atoms with Gasteiger partial charge in [0.2, 0.25) is 5.91 Å². The fourth-order valence-electron chi connectivity index (χ4n) is 2.18. The fraction of sp³-hybridized carbons (Fsp3) is 0.929. The van der Waals surface area contributed by atoms with Gasteiger partial charge in [-0.2, -0.15) is 0 Å². The molecule has 5 nitrogen and oxygen atoms in total. The highest BCUT2D eigenvalue weighted by Gasteiger charge is 2.32. The second kappa shape index (κ2) is 8.51. The van der Waals surface area contributed by atoms with Gasteiger partial charge in [0.15, 0.2) is 0 Å². The predicted molar refractivity (Wildman–Crippen MR) is 77.2 cm³/mol. The van der Waals surface area contributed by atoms with E-state index in [9.17, 15) is 4.79 Å². The molecule has 19 heavy (non-hydrogen) atoms. The van der Waals surface area contributed by atoms with Crippen LogP contribution in [0.3, 0.4) is 0 Å².